The molecule has 0 radical (unpaired) electrons. The van der Waals surface area contributed by atoms with E-state index in [2.05, 4.69) is 62.4 Å². The molecule has 0 amide bonds. The van der Waals surface area contributed by atoms with E-state index in [1.807, 2.05) is 18.2 Å². The van der Waals surface area contributed by atoms with E-state index in [1.54, 1.807) is 0 Å². The Morgan fingerprint density at radius 1 is 0.818 bits per heavy atom. The fourth-order valence-corrected chi connectivity index (χ4v) is 2.82. The summed E-state index contributed by atoms with van der Waals surface area (Å²) in [6, 6.07) is 23.2. The lowest BCUT2D eigenvalue weighted by molar-refractivity contribution is 0.310. The fraction of sp³-hybridized carbons (Fsp3) is 0.238. The quantitative estimate of drug-likeness (QED) is 0.565. The van der Waals surface area contributed by atoms with Crippen LogP contribution in [0.15, 0.2) is 66.7 Å². The largest absolute Gasteiger partial charge is 0.488 e. The van der Waals surface area contributed by atoms with Crippen LogP contribution in [0.3, 0.4) is 0 Å². The summed E-state index contributed by atoms with van der Waals surface area (Å²) in [5.74, 6) is 1.53. The van der Waals surface area contributed by atoms with E-state index in [9.17, 15) is 0 Å². The van der Waals surface area contributed by atoms with Crippen LogP contribution >= 0.6 is 0 Å². The standard InChI is InChI=1S/C21H22O/c1-3-16(2)18-11-7-13-20-19(18)12-8-14-21(20)22-15-17-9-5-4-6-10-17/h4-14,16H,3,15H2,1-2H3. The van der Waals surface area contributed by atoms with Gasteiger partial charge in [0, 0.05) is 5.39 Å². The Balaban J connectivity index is 1.93. The van der Waals surface area contributed by atoms with Gasteiger partial charge in [-0.3, -0.25) is 0 Å². The van der Waals surface area contributed by atoms with Crippen molar-refractivity contribution in [2.75, 3.05) is 0 Å². The molecule has 0 saturated carbocycles. The van der Waals surface area contributed by atoms with Crippen LogP contribution in [0, 0.1) is 0 Å². The number of ether oxygens (including phenoxy) is 1. The molecule has 1 heteroatoms. The topological polar surface area (TPSA) is 9.23 Å². The molecule has 1 atom stereocenters. The van der Waals surface area contributed by atoms with Gasteiger partial charge in [-0.05, 0) is 34.9 Å². The van der Waals surface area contributed by atoms with Crippen LogP contribution in [0.5, 0.6) is 5.75 Å². The van der Waals surface area contributed by atoms with Crippen LogP contribution in [0.25, 0.3) is 10.8 Å². The van der Waals surface area contributed by atoms with E-state index in [1.165, 1.54) is 21.9 Å². The van der Waals surface area contributed by atoms with Crippen LogP contribution in [-0.4, -0.2) is 0 Å². The predicted molar refractivity (Wildman–Crippen MR) is 93.4 cm³/mol. The molecule has 1 unspecified atom stereocenters. The second kappa shape index (κ2) is 6.65. The number of hydrogen-bond acceptors (Lipinski definition) is 1. The third kappa shape index (κ3) is 2.99. The Kier molecular flexibility index (Phi) is 4.43. The zero-order chi connectivity index (χ0) is 15.4. The monoisotopic (exact) mass is 290 g/mol. The molecular weight excluding hydrogens is 268 g/mol. The first-order valence-corrected chi connectivity index (χ1v) is 7.98. The Labute approximate surface area is 132 Å². The van der Waals surface area contributed by atoms with Crippen LogP contribution < -0.4 is 4.74 Å². The minimum absolute atomic E-state index is 0.563. The van der Waals surface area contributed by atoms with Gasteiger partial charge in [-0.1, -0.05) is 74.5 Å². The lowest BCUT2D eigenvalue weighted by Gasteiger charge is -2.15. The highest BCUT2D eigenvalue weighted by Gasteiger charge is 2.10. The van der Waals surface area contributed by atoms with Crippen molar-refractivity contribution in [3.8, 4) is 5.75 Å². The summed E-state index contributed by atoms with van der Waals surface area (Å²) >= 11 is 0. The smallest absolute Gasteiger partial charge is 0.127 e. The molecule has 0 spiro atoms. The number of fused-ring (bicyclic) bond motifs is 1. The number of rotatable bonds is 5. The molecule has 0 fully saturated rings. The van der Waals surface area contributed by atoms with Gasteiger partial charge < -0.3 is 4.74 Å². The summed E-state index contributed by atoms with van der Waals surface area (Å²) in [7, 11) is 0. The maximum absolute atomic E-state index is 6.07. The van der Waals surface area contributed by atoms with E-state index in [0.29, 0.717) is 12.5 Å². The van der Waals surface area contributed by atoms with Gasteiger partial charge in [0.15, 0.2) is 0 Å². The lowest BCUT2D eigenvalue weighted by Crippen LogP contribution is -1.97. The summed E-state index contributed by atoms with van der Waals surface area (Å²) in [6.07, 6.45) is 1.15. The van der Waals surface area contributed by atoms with Crippen molar-refractivity contribution in [2.24, 2.45) is 0 Å². The SMILES string of the molecule is CCC(C)c1cccc2c(OCc3ccccc3)cccc12. The van der Waals surface area contributed by atoms with E-state index >= 15 is 0 Å². The molecule has 112 valence electrons. The molecule has 0 aliphatic carbocycles. The van der Waals surface area contributed by atoms with E-state index in [4.69, 9.17) is 4.74 Å². The van der Waals surface area contributed by atoms with Gasteiger partial charge in [0.25, 0.3) is 0 Å². The van der Waals surface area contributed by atoms with Gasteiger partial charge in [0.05, 0.1) is 0 Å². The molecule has 0 saturated heterocycles. The molecule has 0 heterocycles. The third-order valence-corrected chi connectivity index (χ3v) is 4.30. The molecule has 3 aromatic rings. The summed E-state index contributed by atoms with van der Waals surface area (Å²) in [4.78, 5) is 0. The van der Waals surface area contributed by atoms with Gasteiger partial charge in [-0.15, -0.1) is 0 Å². The maximum atomic E-state index is 6.07. The second-order valence-electron chi connectivity index (χ2n) is 5.78. The van der Waals surface area contributed by atoms with Crippen molar-refractivity contribution in [2.45, 2.75) is 32.8 Å². The molecule has 3 rings (SSSR count). The normalized spacial score (nSPS) is 12.3. The average molecular weight is 290 g/mol. The van der Waals surface area contributed by atoms with Gasteiger partial charge in [-0.25, -0.2) is 0 Å². The van der Waals surface area contributed by atoms with E-state index in [-0.39, 0.29) is 0 Å². The molecule has 22 heavy (non-hydrogen) atoms. The summed E-state index contributed by atoms with van der Waals surface area (Å²) in [6.45, 7) is 5.12. The van der Waals surface area contributed by atoms with Crippen molar-refractivity contribution >= 4 is 10.8 Å². The lowest BCUT2D eigenvalue weighted by atomic mass is 9.93. The first kappa shape index (κ1) is 14.6. The Bertz CT molecular complexity index is 746. The van der Waals surface area contributed by atoms with Crippen LogP contribution in [0.1, 0.15) is 37.3 Å². The maximum Gasteiger partial charge on any atom is 0.127 e. The van der Waals surface area contributed by atoms with Gasteiger partial charge in [-0.2, -0.15) is 0 Å². The molecule has 0 aliphatic heterocycles. The van der Waals surface area contributed by atoms with Gasteiger partial charge >= 0.3 is 0 Å². The van der Waals surface area contributed by atoms with E-state index < -0.39 is 0 Å². The second-order valence-corrected chi connectivity index (χ2v) is 5.78. The molecule has 0 aliphatic rings. The predicted octanol–water partition coefficient (Wildman–Crippen LogP) is 5.93. The number of hydrogen-bond donors (Lipinski definition) is 0. The zero-order valence-corrected chi connectivity index (χ0v) is 13.3. The van der Waals surface area contributed by atoms with Crippen molar-refractivity contribution in [3.05, 3.63) is 77.9 Å². The molecule has 3 aromatic carbocycles. The first-order chi connectivity index (χ1) is 10.8. The van der Waals surface area contributed by atoms with Crippen LogP contribution in [0.4, 0.5) is 0 Å². The Morgan fingerprint density at radius 2 is 1.55 bits per heavy atom. The number of benzene rings is 3. The molecule has 0 N–H and O–H groups in total. The highest BCUT2D eigenvalue weighted by molar-refractivity contribution is 5.91. The average Bonchev–Trinajstić information content (AvgIpc) is 2.59. The molecule has 1 nitrogen and oxygen atoms in total. The summed E-state index contributed by atoms with van der Waals surface area (Å²) < 4.78 is 6.07. The third-order valence-electron chi connectivity index (χ3n) is 4.30. The van der Waals surface area contributed by atoms with Gasteiger partial charge in [0.2, 0.25) is 0 Å². The zero-order valence-electron chi connectivity index (χ0n) is 13.3. The van der Waals surface area contributed by atoms with Crippen molar-refractivity contribution < 1.29 is 4.74 Å². The summed E-state index contributed by atoms with van der Waals surface area (Å²) in [5.41, 5.74) is 2.60. The van der Waals surface area contributed by atoms with Gasteiger partial charge in [0.1, 0.15) is 12.4 Å². The van der Waals surface area contributed by atoms with Crippen LogP contribution in [-0.2, 0) is 6.61 Å². The fourth-order valence-electron chi connectivity index (χ4n) is 2.82. The van der Waals surface area contributed by atoms with E-state index in [0.717, 1.165) is 12.2 Å². The minimum Gasteiger partial charge on any atom is -0.488 e. The van der Waals surface area contributed by atoms with Crippen molar-refractivity contribution in [1.29, 1.82) is 0 Å². The summed E-state index contributed by atoms with van der Waals surface area (Å²) in [5, 5.41) is 2.51. The minimum atomic E-state index is 0.563. The molecule has 0 aromatic heterocycles. The van der Waals surface area contributed by atoms with Crippen molar-refractivity contribution in [3.63, 3.8) is 0 Å². The first-order valence-electron chi connectivity index (χ1n) is 7.98. The van der Waals surface area contributed by atoms with Crippen LogP contribution in [0.2, 0.25) is 0 Å². The Morgan fingerprint density at radius 3 is 2.32 bits per heavy atom. The van der Waals surface area contributed by atoms with Crippen molar-refractivity contribution in [1.82, 2.24) is 0 Å². The Hall–Kier alpha value is -2.28. The highest BCUT2D eigenvalue weighted by Crippen LogP contribution is 2.32. The highest BCUT2D eigenvalue weighted by atomic mass is 16.5. The molecular formula is C21H22O. The molecule has 0 bridgehead atoms.